The van der Waals surface area contributed by atoms with Gasteiger partial charge in [0.2, 0.25) is 5.13 Å². The molecule has 41 heavy (non-hydrogen) atoms. The highest BCUT2D eigenvalue weighted by Crippen LogP contribution is 2.44. The molecule has 0 spiro atoms. The number of halogens is 2. The molecule has 1 N–H and O–H groups in total. The molecule has 1 unspecified atom stereocenters. The molecule has 0 radical (unpaired) electrons. The van der Waals surface area contributed by atoms with Gasteiger partial charge in [-0.3, -0.25) is 14.5 Å². The zero-order valence-corrected chi connectivity index (χ0v) is 24.3. The van der Waals surface area contributed by atoms with Crippen LogP contribution in [0.25, 0.3) is 5.76 Å². The number of amides is 1. The lowest BCUT2D eigenvalue weighted by Crippen LogP contribution is -2.29. The van der Waals surface area contributed by atoms with E-state index in [4.69, 9.17) is 16.3 Å². The summed E-state index contributed by atoms with van der Waals surface area (Å²) in [6.07, 6.45) is 1.90. The molecule has 7 nitrogen and oxygen atoms in total. The van der Waals surface area contributed by atoms with Gasteiger partial charge in [-0.15, -0.1) is 10.2 Å². The molecule has 1 aromatic heterocycles. The first kappa shape index (κ1) is 28.8. The molecule has 210 valence electrons. The van der Waals surface area contributed by atoms with Crippen LogP contribution in [0.2, 0.25) is 5.02 Å². The van der Waals surface area contributed by atoms with Crippen molar-refractivity contribution in [2.75, 3.05) is 11.5 Å². The summed E-state index contributed by atoms with van der Waals surface area (Å²) in [5.74, 6) is -1.57. The Balaban J connectivity index is 1.49. The second-order valence-corrected chi connectivity index (χ2v) is 11.8. The number of unbranched alkanes of at least 4 members (excludes halogenated alkanes) is 1. The molecule has 5 rings (SSSR count). The van der Waals surface area contributed by atoms with Crippen molar-refractivity contribution in [3.63, 3.8) is 0 Å². The number of anilines is 1. The van der Waals surface area contributed by atoms with Gasteiger partial charge in [-0.2, -0.15) is 0 Å². The molecule has 4 aromatic rings. The first-order valence-corrected chi connectivity index (χ1v) is 15.0. The van der Waals surface area contributed by atoms with E-state index < -0.39 is 23.5 Å². The van der Waals surface area contributed by atoms with Crippen LogP contribution >= 0.6 is 34.7 Å². The third-order valence-electron chi connectivity index (χ3n) is 6.41. The van der Waals surface area contributed by atoms with Gasteiger partial charge in [-0.1, -0.05) is 78.4 Å². The first-order chi connectivity index (χ1) is 19.9. The zero-order valence-electron chi connectivity index (χ0n) is 21.9. The van der Waals surface area contributed by atoms with E-state index in [0.29, 0.717) is 38.6 Å². The van der Waals surface area contributed by atoms with Crippen molar-refractivity contribution in [2.45, 2.75) is 35.9 Å². The monoisotopic (exact) mass is 609 g/mol. The van der Waals surface area contributed by atoms with Crippen molar-refractivity contribution < 1.29 is 23.8 Å². The predicted molar refractivity (Wildman–Crippen MR) is 159 cm³/mol. The number of ether oxygens (including phenoxy) is 1. The number of nitrogens with zero attached hydrogens (tertiary/aromatic N) is 3. The van der Waals surface area contributed by atoms with Crippen LogP contribution in [0.3, 0.4) is 0 Å². The second kappa shape index (κ2) is 12.8. The Morgan fingerprint density at radius 3 is 2.61 bits per heavy atom. The fourth-order valence-corrected chi connectivity index (χ4v) is 6.49. The van der Waals surface area contributed by atoms with Gasteiger partial charge in [0.25, 0.3) is 5.78 Å². The normalized spacial score (nSPS) is 16.4. The summed E-state index contributed by atoms with van der Waals surface area (Å²) < 4.78 is 20.6. The van der Waals surface area contributed by atoms with Gasteiger partial charge in [0.05, 0.1) is 18.2 Å². The van der Waals surface area contributed by atoms with E-state index in [2.05, 4.69) is 17.1 Å². The van der Waals surface area contributed by atoms with Crippen molar-refractivity contribution >= 4 is 57.3 Å². The molecule has 1 fully saturated rings. The average molecular weight is 610 g/mol. The molecule has 0 aliphatic carbocycles. The van der Waals surface area contributed by atoms with E-state index in [1.807, 2.05) is 18.2 Å². The van der Waals surface area contributed by atoms with E-state index >= 15 is 0 Å². The minimum Gasteiger partial charge on any atom is -0.507 e. The Bertz CT molecular complexity index is 1610. The highest BCUT2D eigenvalue weighted by Gasteiger charge is 2.48. The number of hydrogen-bond donors (Lipinski definition) is 1. The summed E-state index contributed by atoms with van der Waals surface area (Å²) in [6, 6.07) is 18.5. The Kier molecular flexibility index (Phi) is 9.02. The summed E-state index contributed by atoms with van der Waals surface area (Å²) in [6.45, 7) is 2.63. The molecule has 1 aliphatic rings. The van der Waals surface area contributed by atoms with Gasteiger partial charge in [0.1, 0.15) is 17.3 Å². The van der Waals surface area contributed by atoms with Crippen LogP contribution in [0, 0.1) is 5.82 Å². The number of hydrogen-bond acceptors (Lipinski definition) is 8. The standard InChI is InChI=1S/C30H25ClFN3O4S2/c1-2-3-15-39-22-13-11-18(12-14-22)26(36)24-25(19-8-6-9-21(32)16-19)35(28(38)27(24)37)29-33-34-30(41-29)40-17-20-7-4-5-10-23(20)31/h4-14,16,25,36H,2-3,15,17H2,1H3/b26-24+. The number of aliphatic hydroxyl groups excluding tert-OH is 1. The number of aliphatic hydroxyl groups is 1. The molecular formula is C30H25ClFN3O4S2. The summed E-state index contributed by atoms with van der Waals surface area (Å²) >= 11 is 8.77. The van der Waals surface area contributed by atoms with E-state index in [0.717, 1.165) is 29.7 Å². The number of benzene rings is 3. The third kappa shape index (κ3) is 6.29. The quantitative estimate of drug-likeness (QED) is 0.0499. The maximum absolute atomic E-state index is 14.3. The zero-order chi connectivity index (χ0) is 28.9. The molecule has 1 amide bonds. The predicted octanol–water partition coefficient (Wildman–Crippen LogP) is 7.43. The van der Waals surface area contributed by atoms with Crippen LogP contribution in [0.15, 0.2) is 82.7 Å². The lowest BCUT2D eigenvalue weighted by Gasteiger charge is -2.22. The number of carbonyl (C=O) groups excluding carboxylic acids is 2. The van der Waals surface area contributed by atoms with Gasteiger partial charge in [-0.05, 0) is 60.0 Å². The van der Waals surface area contributed by atoms with E-state index in [-0.39, 0.29) is 16.5 Å². The molecule has 0 bridgehead atoms. The van der Waals surface area contributed by atoms with Crippen molar-refractivity contribution in [1.82, 2.24) is 10.2 Å². The maximum Gasteiger partial charge on any atom is 0.301 e. The van der Waals surface area contributed by atoms with Crippen LogP contribution in [0.4, 0.5) is 9.52 Å². The topological polar surface area (TPSA) is 92.6 Å². The van der Waals surface area contributed by atoms with Crippen molar-refractivity contribution in [1.29, 1.82) is 0 Å². The van der Waals surface area contributed by atoms with Crippen molar-refractivity contribution in [3.05, 3.63) is 106 Å². The van der Waals surface area contributed by atoms with Crippen molar-refractivity contribution in [3.8, 4) is 5.75 Å². The molecule has 1 aliphatic heterocycles. The number of carbonyl (C=O) groups is 2. The van der Waals surface area contributed by atoms with E-state index in [9.17, 15) is 19.1 Å². The molecule has 2 heterocycles. The maximum atomic E-state index is 14.3. The summed E-state index contributed by atoms with van der Waals surface area (Å²) in [4.78, 5) is 27.9. The summed E-state index contributed by atoms with van der Waals surface area (Å²) in [7, 11) is 0. The lowest BCUT2D eigenvalue weighted by atomic mass is 9.95. The van der Waals surface area contributed by atoms with Crippen LogP contribution < -0.4 is 9.64 Å². The number of thioether (sulfide) groups is 1. The largest absolute Gasteiger partial charge is 0.507 e. The van der Waals surface area contributed by atoms with Gasteiger partial charge >= 0.3 is 5.91 Å². The highest BCUT2D eigenvalue weighted by molar-refractivity contribution is 8.00. The van der Waals surface area contributed by atoms with Gasteiger partial charge in [-0.25, -0.2) is 4.39 Å². The Morgan fingerprint density at radius 1 is 1.10 bits per heavy atom. The molecule has 3 aromatic carbocycles. The number of rotatable bonds is 10. The number of ketones is 1. The van der Waals surface area contributed by atoms with Gasteiger partial charge < -0.3 is 9.84 Å². The highest BCUT2D eigenvalue weighted by atomic mass is 35.5. The summed E-state index contributed by atoms with van der Waals surface area (Å²) in [5.41, 5.74) is 1.38. The first-order valence-electron chi connectivity index (χ1n) is 12.9. The van der Waals surface area contributed by atoms with Crippen LogP contribution in [-0.4, -0.2) is 33.6 Å². The molecule has 1 saturated heterocycles. The SMILES string of the molecule is CCCCOc1ccc(/C(O)=C2\C(=O)C(=O)N(c3nnc(SCc4ccccc4Cl)s3)C2c2cccc(F)c2)cc1. The fourth-order valence-electron chi connectivity index (χ4n) is 4.33. The smallest absolute Gasteiger partial charge is 0.301 e. The van der Waals surface area contributed by atoms with Crippen molar-refractivity contribution in [2.24, 2.45) is 0 Å². The van der Waals surface area contributed by atoms with Crippen LogP contribution in [-0.2, 0) is 15.3 Å². The molecule has 11 heteroatoms. The van der Waals surface area contributed by atoms with E-state index in [1.165, 1.54) is 34.9 Å². The Labute approximate surface area is 249 Å². The van der Waals surface area contributed by atoms with Gasteiger partial charge in [0, 0.05) is 16.3 Å². The lowest BCUT2D eigenvalue weighted by molar-refractivity contribution is -0.132. The van der Waals surface area contributed by atoms with Crippen LogP contribution in [0.5, 0.6) is 5.75 Å². The molecule has 0 saturated carbocycles. The second-order valence-electron chi connectivity index (χ2n) is 9.18. The molecular weight excluding hydrogens is 585 g/mol. The summed E-state index contributed by atoms with van der Waals surface area (Å²) in [5, 5.41) is 20.5. The van der Waals surface area contributed by atoms with Crippen LogP contribution in [0.1, 0.15) is 42.5 Å². The average Bonchev–Trinajstić information content (AvgIpc) is 3.54. The minimum absolute atomic E-state index is 0.154. The molecule has 1 atom stereocenters. The van der Waals surface area contributed by atoms with Gasteiger partial charge in [0.15, 0.2) is 4.34 Å². The Morgan fingerprint density at radius 2 is 1.88 bits per heavy atom. The number of aromatic nitrogens is 2. The number of Topliss-reactive ketones (excluding diaryl/α,β-unsaturated/α-hetero) is 1. The fraction of sp³-hybridized carbons (Fsp3) is 0.200. The third-order valence-corrected chi connectivity index (χ3v) is 8.89. The van der Waals surface area contributed by atoms with E-state index in [1.54, 1.807) is 36.4 Å². The Hall–Kier alpha value is -3.73. The minimum atomic E-state index is -1.11.